The zero-order valence-electron chi connectivity index (χ0n) is 8.72. The second-order valence-electron chi connectivity index (χ2n) is 2.91. The van der Waals surface area contributed by atoms with Gasteiger partial charge in [-0.3, -0.25) is 0 Å². The molecule has 0 amide bonds. The molecule has 0 atom stereocenters. The van der Waals surface area contributed by atoms with Gasteiger partial charge in [-0.25, -0.2) is 4.79 Å². The predicted octanol–water partition coefficient (Wildman–Crippen LogP) is 1.78. The van der Waals surface area contributed by atoms with Crippen LogP contribution in [0.1, 0.15) is 0 Å². The first kappa shape index (κ1) is 10.7. The molecule has 16 heavy (non-hydrogen) atoms. The maximum atomic E-state index is 10.9. The third kappa shape index (κ3) is 1.92. The summed E-state index contributed by atoms with van der Waals surface area (Å²) in [5, 5.41) is 0. The van der Waals surface area contributed by atoms with Crippen molar-refractivity contribution in [2.75, 3.05) is 14.2 Å². The van der Waals surface area contributed by atoms with Gasteiger partial charge < -0.3 is 13.9 Å². The topological polar surface area (TPSA) is 61.6 Å². The van der Waals surface area contributed by atoms with Crippen LogP contribution in [0.3, 0.4) is 0 Å². The quantitative estimate of drug-likeness (QED) is 0.817. The lowest BCUT2D eigenvalue weighted by molar-refractivity contribution is 0.402. The number of benzene rings is 1. The molecule has 2 aromatic rings. The highest BCUT2D eigenvalue weighted by Crippen LogP contribution is 2.31. The highest BCUT2D eigenvalue weighted by molar-refractivity contribution is 7.02. The molecule has 5 nitrogen and oxygen atoms in total. The zero-order valence-corrected chi connectivity index (χ0v) is 9.54. The average Bonchev–Trinajstić information content (AvgIpc) is 2.75. The molecule has 0 spiro atoms. The summed E-state index contributed by atoms with van der Waals surface area (Å²) in [6.45, 7) is 0. The molecular formula is C10H9NO4S. The molecule has 0 bridgehead atoms. The molecule has 6 heteroatoms. The molecule has 0 aliphatic heterocycles. The van der Waals surface area contributed by atoms with Gasteiger partial charge in [-0.05, 0) is 18.2 Å². The molecule has 0 radical (unpaired) electrons. The van der Waals surface area contributed by atoms with Crippen LogP contribution in [0.15, 0.2) is 27.4 Å². The van der Waals surface area contributed by atoms with E-state index in [4.69, 9.17) is 13.9 Å². The molecule has 0 aliphatic carbocycles. The monoisotopic (exact) mass is 239 g/mol. The van der Waals surface area contributed by atoms with Crippen molar-refractivity contribution in [3.63, 3.8) is 0 Å². The molecule has 1 aromatic heterocycles. The van der Waals surface area contributed by atoms with E-state index in [1.54, 1.807) is 25.3 Å². The van der Waals surface area contributed by atoms with Crippen LogP contribution in [0, 0.1) is 0 Å². The third-order valence-electron chi connectivity index (χ3n) is 2.02. The Morgan fingerprint density at radius 3 is 2.69 bits per heavy atom. The summed E-state index contributed by atoms with van der Waals surface area (Å²) in [5.41, 5.74) is 0.597. The fourth-order valence-corrected chi connectivity index (χ4v) is 1.69. The Kier molecular flexibility index (Phi) is 2.91. The summed E-state index contributed by atoms with van der Waals surface area (Å²) in [7, 11) is 3.10. The van der Waals surface area contributed by atoms with Crippen molar-refractivity contribution >= 4 is 11.5 Å². The van der Waals surface area contributed by atoms with Crippen molar-refractivity contribution in [3.05, 3.63) is 27.9 Å². The largest absolute Gasteiger partial charge is 0.497 e. The van der Waals surface area contributed by atoms with Crippen molar-refractivity contribution in [2.24, 2.45) is 0 Å². The van der Waals surface area contributed by atoms with E-state index in [1.165, 1.54) is 7.11 Å². The summed E-state index contributed by atoms with van der Waals surface area (Å²) >= 11 is 0.763. The number of rotatable bonds is 3. The Hall–Kier alpha value is -1.82. The average molecular weight is 239 g/mol. The highest BCUT2D eigenvalue weighted by atomic mass is 32.1. The Morgan fingerprint density at radius 1 is 1.31 bits per heavy atom. The molecule has 2 rings (SSSR count). The van der Waals surface area contributed by atoms with Crippen LogP contribution in [0.5, 0.6) is 11.5 Å². The van der Waals surface area contributed by atoms with Crippen molar-refractivity contribution in [1.29, 1.82) is 0 Å². The van der Waals surface area contributed by atoms with Crippen molar-refractivity contribution in [2.45, 2.75) is 0 Å². The molecule has 84 valence electrons. The molecule has 0 saturated carbocycles. The minimum absolute atomic E-state index is 0.241. The fourth-order valence-electron chi connectivity index (χ4n) is 1.28. The smallest absolute Gasteiger partial charge is 0.414 e. The summed E-state index contributed by atoms with van der Waals surface area (Å²) in [6, 6.07) is 5.19. The van der Waals surface area contributed by atoms with Crippen LogP contribution in [0.2, 0.25) is 0 Å². The highest BCUT2D eigenvalue weighted by Gasteiger charge is 2.13. The Bertz CT molecular complexity index is 546. The lowest BCUT2D eigenvalue weighted by atomic mass is 10.2. The van der Waals surface area contributed by atoms with Gasteiger partial charge in [-0.1, -0.05) is 0 Å². The van der Waals surface area contributed by atoms with E-state index in [9.17, 15) is 4.79 Å². The number of hydrogen-bond donors (Lipinski definition) is 0. The number of aromatic nitrogens is 1. The van der Waals surface area contributed by atoms with E-state index in [2.05, 4.69) is 4.37 Å². The maximum absolute atomic E-state index is 10.9. The Labute approximate surface area is 95.4 Å². The second-order valence-corrected chi connectivity index (χ2v) is 3.60. The maximum Gasteiger partial charge on any atom is 0.414 e. The standard InChI is InChI=1S/C10H9NO4S/c1-13-6-3-4-8(14-2)7(5-6)9-11-16-10(12)15-9/h3-5H,1-2H3. The normalized spacial score (nSPS) is 10.1. The van der Waals surface area contributed by atoms with Crippen LogP contribution >= 0.6 is 11.5 Å². The van der Waals surface area contributed by atoms with Gasteiger partial charge in [0.25, 0.3) is 0 Å². The third-order valence-corrected chi connectivity index (χ3v) is 2.51. The SMILES string of the molecule is COc1ccc(OC)c(-c2nsc(=O)o2)c1. The van der Waals surface area contributed by atoms with Crippen molar-refractivity contribution < 1.29 is 13.9 Å². The number of hydrogen-bond acceptors (Lipinski definition) is 6. The summed E-state index contributed by atoms with van der Waals surface area (Å²) in [4.78, 5) is 10.5. The zero-order chi connectivity index (χ0) is 11.5. The summed E-state index contributed by atoms with van der Waals surface area (Å²) in [5.74, 6) is 1.46. The van der Waals surface area contributed by atoms with Gasteiger partial charge in [0.05, 0.1) is 31.3 Å². The van der Waals surface area contributed by atoms with E-state index >= 15 is 0 Å². The molecule has 0 aliphatic rings. The summed E-state index contributed by atoms with van der Waals surface area (Å²) < 4.78 is 19.1. The van der Waals surface area contributed by atoms with Gasteiger partial charge in [0.15, 0.2) is 0 Å². The molecule has 0 unspecified atom stereocenters. The van der Waals surface area contributed by atoms with E-state index in [0.29, 0.717) is 17.1 Å². The first-order chi connectivity index (χ1) is 7.74. The van der Waals surface area contributed by atoms with Crippen LogP contribution in [0.4, 0.5) is 0 Å². The Morgan fingerprint density at radius 2 is 2.12 bits per heavy atom. The van der Waals surface area contributed by atoms with E-state index in [0.717, 1.165) is 11.5 Å². The van der Waals surface area contributed by atoms with Crippen LogP contribution in [-0.2, 0) is 0 Å². The molecule has 0 N–H and O–H groups in total. The molecular weight excluding hydrogens is 230 g/mol. The fraction of sp³-hybridized carbons (Fsp3) is 0.200. The second kappa shape index (κ2) is 4.36. The number of methoxy groups -OCH3 is 2. The van der Waals surface area contributed by atoms with Gasteiger partial charge in [0, 0.05) is 0 Å². The number of ether oxygens (including phenoxy) is 2. The number of nitrogens with zero attached hydrogens (tertiary/aromatic N) is 1. The van der Waals surface area contributed by atoms with Gasteiger partial charge in [-0.2, -0.15) is 0 Å². The van der Waals surface area contributed by atoms with Gasteiger partial charge >= 0.3 is 4.94 Å². The van der Waals surface area contributed by atoms with Crippen LogP contribution in [-0.4, -0.2) is 18.6 Å². The van der Waals surface area contributed by atoms with Crippen LogP contribution < -0.4 is 14.4 Å². The minimum atomic E-state index is -0.445. The van der Waals surface area contributed by atoms with Gasteiger partial charge in [0.2, 0.25) is 5.89 Å². The van der Waals surface area contributed by atoms with Crippen molar-refractivity contribution in [1.82, 2.24) is 4.37 Å². The van der Waals surface area contributed by atoms with Gasteiger partial charge in [0.1, 0.15) is 11.5 Å². The van der Waals surface area contributed by atoms with Crippen molar-refractivity contribution in [3.8, 4) is 23.0 Å². The minimum Gasteiger partial charge on any atom is -0.497 e. The molecule has 0 saturated heterocycles. The van der Waals surface area contributed by atoms with Crippen LogP contribution in [0.25, 0.3) is 11.5 Å². The first-order valence-corrected chi connectivity index (χ1v) is 5.21. The van der Waals surface area contributed by atoms with E-state index in [1.807, 2.05) is 0 Å². The van der Waals surface area contributed by atoms with E-state index < -0.39 is 4.94 Å². The lowest BCUT2D eigenvalue weighted by Crippen LogP contribution is -1.90. The Balaban J connectivity index is 2.56. The molecule has 1 aromatic carbocycles. The lowest BCUT2D eigenvalue weighted by Gasteiger charge is -2.06. The predicted molar refractivity (Wildman–Crippen MR) is 59.2 cm³/mol. The first-order valence-electron chi connectivity index (χ1n) is 4.44. The molecule has 0 fully saturated rings. The summed E-state index contributed by atoms with van der Waals surface area (Å²) in [6.07, 6.45) is 0. The van der Waals surface area contributed by atoms with Gasteiger partial charge in [-0.15, -0.1) is 4.37 Å². The molecule has 1 heterocycles. The van der Waals surface area contributed by atoms with E-state index in [-0.39, 0.29) is 5.89 Å².